The highest BCUT2D eigenvalue weighted by atomic mass is 32.1. The van der Waals surface area contributed by atoms with Gasteiger partial charge in [0.1, 0.15) is 8.07 Å². The minimum absolute atomic E-state index is 0.627. The number of hydrogen-bond donors (Lipinski definition) is 0. The number of rotatable bonds is 5. The summed E-state index contributed by atoms with van der Waals surface area (Å²) in [5, 5.41) is 14.7. The van der Waals surface area contributed by atoms with Crippen LogP contribution in [0.4, 0.5) is 0 Å². The Balaban J connectivity index is 1.77. The van der Waals surface area contributed by atoms with Gasteiger partial charge in [-0.25, -0.2) is 0 Å². The van der Waals surface area contributed by atoms with Crippen molar-refractivity contribution in [3.05, 3.63) is 70.4 Å². The van der Waals surface area contributed by atoms with Gasteiger partial charge in [-0.1, -0.05) is 71.4 Å². The molecule has 0 nitrogen and oxygen atoms in total. The summed E-state index contributed by atoms with van der Waals surface area (Å²) in [5.41, 5.74) is 7.63. The molecule has 2 heterocycles. The Kier molecular flexibility index (Phi) is 7.26. The number of unbranched alkanes of at least 4 members (excludes halogenated alkanes) is 1. The van der Waals surface area contributed by atoms with Gasteiger partial charge in [-0.2, -0.15) is 0 Å². The first-order chi connectivity index (χ1) is 19.4. The molecule has 6 aromatic rings. The molecule has 0 aliphatic heterocycles. The zero-order valence-electron chi connectivity index (χ0n) is 24.4. The highest BCUT2D eigenvalue weighted by molar-refractivity contribution is 7.17. The monoisotopic (exact) mass is 572 g/mol. The van der Waals surface area contributed by atoms with E-state index in [0.717, 1.165) is 5.56 Å². The Bertz CT molecular complexity index is 2020. The molecule has 0 atom stereocenters. The third-order valence-corrected chi connectivity index (χ3v) is 16.6. The quantitative estimate of drug-likeness (QED) is 0.109. The van der Waals surface area contributed by atoms with Crippen molar-refractivity contribution in [3.8, 4) is 23.3 Å². The minimum atomic E-state index is -1.84. The zero-order chi connectivity index (χ0) is 28.0. The van der Waals surface area contributed by atoms with Gasteiger partial charge in [0.05, 0.1) is 0 Å². The molecule has 0 N–H and O–H groups in total. The molecule has 0 saturated carbocycles. The maximum atomic E-state index is 4.07. The molecule has 0 bridgehead atoms. The van der Waals surface area contributed by atoms with Crippen LogP contribution < -0.4 is 0 Å². The van der Waals surface area contributed by atoms with Crippen LogP contribution in [0.2, 0.25) is 17.1 Å². The molecule has 4 aromatic carbocycles. The summed E-state index contributed by atoms with van der Waals surface area (Å²) < 4.78 is 2.64. The predicted octanol–water partition coefficient (Wildman–Crippen LogP) is 11.9. The van der Waals surface area contributed by atoms with Crippen molar-refractivity contribution in [2.75, 3.05) is 0 Å². The molecule has 0 saturated heterocycles. The van der Waals surface area contributed by atoms with Crippen LogP contribution in [0.3, 0.4) is 0 Å². The van der Waals surface area contributed by atoms with Gasteiger partial charge in [0, 0.05) is 42.1 Å². The molecular formula is C37H36S2Si. The summed E-state index contributed by atoms with van der Waals surface area (Å²) in [6, 6.07) is 19.8. The summed E-state index contributed by atoms with van der Waals surface area (Å²) in [6.45, 7) is 13.9. The smallest absolute Gasteiger partial charge is 0.143 e. The van der Waals surface area contributed by atoms with Crippen molar-refractivity contribution in [2.45, 2.75) is 71.5 Å². The van der Waals surface area contributed by atoms with E-state index in [1.165, 1.54) is 76.9 Å². The van der Waals surface area contributed by atoms with Crippen LogP contribution in [0.1, 0.15) is 65.5 Å². The fourth-order valence-corrected chi connectivity index (χ4v) is 12.8. The molecule has 0 aliphatic rings. The normalized spacial score (nSPS) is 12.1. The van der Waals surface area contributed by atoms with E-state index in [-0.39, 0.29) is 0 Å². The topological polar surface area (TPSA) is 0 Å². The molecule has 0 aliphatic carbocycles. The molecule has 0 fully saturated rings. The van der Waals surface area contributed by atoms with E-state index in [4.69, 9.17) is 0 Å². The van der Waals surface area contributed by atoms with E-state index in [2.05, 4.69) is 117 Å². The molecule has 0 amide bonds. The molecule has 6 rings (SSSR count). The van der Waals surface area contributed by atoms with E-state index in [0.29, 0.717) is 11.1 Å². The molecule has 0 radical (unpaired) electrons. The van der Waals surface area contributed by atoms with Crippen LogP contribution >= 0.6 is 22.7 Å². The number of benzene rings is 4. The third-order valence-electron chi connectivity index (χ3n) is 8.95. The molecule has 40 heavy (non-hydrogen) atoms. The van der Waals surface area contributed by atoms with E-state index in [1.807, 2.05) is 18.3 Å². The van der Waals surface area contributed by atoms with Gasteiger partial charge < -0.3 is 0 Å². The lowest BCUT2D eigenvalue weighted by Gasteiger charge is -2.34. The van der Waals surface area contributed by atoms with Crippen LogP contribution in [0.15, 0.2) is 59.3 Å². The minimum Gasteiger partial charge on any atom is -0.144 e. The van der Waals surface area contributed by atoms with Gasteiger partial charge in [0.2, 0.25) is 0 Å². The largest absolute Gasteiger partial charge is 0.144 e. The molecule has 0 spiro atoms. The van der Waals surface area contributed by atoms with E-state index in [9.17, 15) is 0 Å². The Morgan fingerprint density at radius 3 is 1.68 bits per heavy atom. The Hall–Kier alpha value is -3.08. The van der Waals surface area contributed by atoms with Gasteiger partial charge in [-0.15, -0.1) is 34.1 Å². The average molecular weight is 573 g/mol. The van der Waals surface area contributed by atoms with Gasteiger partial charge in [-0.3, -0.25) is 0 Å². The van der Waals surface area contributed by atoms with Crippen molar-refractivity contribution in [1.82, 2.24) is 0 Å². The van der Waals surface area contributed by atoms with Crippen molar-refractivity contribution in [1.29, 1.82) is 0 Å². The highest BCUT2D eigenvalue weighted by Crippen LogP contribution is 2.42. The second-order valence-corrected chi connectivity index (χ2v) is 18.7. The van der Waals surface area contributed by atoms with Crippen LogP contribution in [-0.4, -0.2) is 8.07 Å². The summed E-state index contributed by atoms with van der Waals surface area (Å²) in [4.78, 5) is 0. The first kappa shape index (κ1) is 27.1. The van der Waals surface area contributed by atoms with Crippen LogP contribution in [0, 0.1) is 23.3 Å². The maximum Gasteiger partial charge on any atom is 0.143 e. The Morgan fingerprint density at radius 1 is 0.675 bits per heavy atom. The van der Waals surface area contributed by atoms with E-state index < -0.39 is 8.07 Å². The molecule has 2 aromatic heterocycles. The molecule has 3 heteroatoms. The van der Waals surface area contributed by atoms with E-state index >= 15 is 0 Å². The highest BCUT2D eigenvalue weighted by Gasteiger charge is 2.38. The Labute approximate surface area is 247 Å². The average Bonchev–Trinajstić information content (AvgIpc) is 3.62. The molecule has 0 unspecified atom stereocenters. The van der Waals surface area contributed by atoms with E-state index in [1.54, 1.807) is 11.3 Å². The number of hydrogen-bond acceptors (Lipinski definition) is 2. The summed E-state index contributed by atoms with van der Waals surface area (Å²) >= 11 is 3.62. The fraction of sp³-hybridized carbons (Fsp3) is 0.297. The summed E-state index contributed by atoms with van der Waals surface area (Å²) in [6.07, 6.45) is 2.50. The predicted molar refractivity (Wildman–Crippen MR) is 185 cm³/mol. The number of thiophene rings is 2. The molecule has 200 valence electrons. The van der Waals surface area contributed by atoms with Crippen LogP contribution in [0.5, 0.6) is 0 Å². The second kappa shape index (κ2) is 10.7. The maximum absolute atomic E-state index is 4.07. The van der Waals surface area contributed by atoms with Gasteiger partial charge in [-0.05, 0) is 92.8 Å². The van der Waals surface area contributed by atoms with Crippen molar-refractivity contribution < 1.29 is 0 Å². The van der Waals surface area contributed by atoms with Crippen molar-refractivity contribution in [3.63, 3.8) is 0 Å². The molecular weight excluding hydrogens is 537 g/mol. The van der Waals surface area contributed by atoms with Gasteiger partial charge in [0.15, 0.2) is 0 Å². The standard InChI is InChI=1S/C37H36S2Si/c1-7-9-20-40(24(3)4,25(5)6)21-17-27-23-33-28-11-13-34-30(15-18-38-34)36(28)26(10-8-2)22-32(33)29-12-14-35-31(37(27)29)16-19-39-35/h11-16,18-19,22-25H,7,9,20H2,1-6H3. The first-order valence-corrected chi connectivity index (χ1v) is 18.7. The lowest BCUT2D eigenvalue weighted by atomic mass is 9.89. The van der Waals surface area contributed by atoms with Gasteiger partial charge >= 0.3 is 0 Å². The first-order valence-electron chi connectivity index (χ1n) is 14.5. The second-order valence-electron chi connectivity index (χ2n) is 11.7. The van der Waals surface area contributed by atoms with Crippen molar-refractivity contribution >= 4 is 83.2 Å². The zero-order valence-corrected chi connectivity index (χ0v) is 27.0. The summed E-state index contributed by atoms with van der Waals surface area (Å²) in [5.74, 6) is 10.6. The van der Waals surface area contributed by atoms with Crippen LogP contribution in [0.25, 0.3) is 52.5 Å². The lowest BCUT2D eigenvalue weighted by Crippen LogP contribution is -2.40. The third kappa shape index (κ3) is 4.28. The van der Waals surface area contributed by atoms with Gasteiger partial charge in [0.25, 0.3) is 0 Å². The Morgan fingerprint density at radius 2 is 1.20 bits per heavy atom. The van der Waals surface area contributed by atoms with Crippen molar-refractivity contribution in [2.24, 2.45) is 0 Å². The SMILES string of the molecule is CC#Cc1cc2c(cc(C#C[Si](CCCC)(C(C)C)C(C)C)c3c4ccsc4ccc23)c2ccc3sccc3c12. The summed E-state index contributed by atoms with van der Waals surface area (Å²) in [7, 11) is -1.84. The lowest BCUT2D eigenvalue weighted by molar-refractivity contribution is 0.817. The fourth-order valence-electron chi connectivity index (χ4n) is 6.73. The number of fused-ring (bicyclic) bond motifs is 9. The van der Waals surface area contributed by atoms with Crippen LogP contribution in [-0.2, 0) is 0 Å².